The number of rotatable bonds is 0. The van der Waals surface area contributed by atoms with Crippen LogP contribution < -0.4 is 11.5 Å². The Morgan fingerprint density at radius 2 is 1.67 bits per heavy atom. The van der Waals surface area contributed by atoms with Gasteiger partial charge in [0.15, 0.2) is 0 Å². The van der Waals surface area contributed by atoms with Gasteiger partial charge >= 0.3 is 0 Å². The van der Waals surface area contributed by atoms with Crippen LogP contribution in [0.5, 0.6) is 0 Å². The highest BCUT2D eigenvalue weighted by Gasteiger charge is 2.38. The highest BCUT2D eigenvalue weighted by molar-refractivity contribution is 5.79. The number of hydrogen-bond donors (Lipinski definition) is 4. The molecule has 0 radical (unpaired) electrons. The van der Waals surface area contributed by atoms with Gasteiger partial charge in [0.05, 0.1) is 23.3 Å². The largest absolute Gasteiger partial charge is 0.388 e. The van der Waals surface area contributed by atoms with Crippen LogP contribution in [0.2, 0.25) is 0 Å². The summed E-state index contributed by atoms with van der Waals surface area (Å²) >= 11 is 0. The SMILES string of the molecule is N[C@@H]1c2cc3ccccc3nc2[C@H](N)[C@@H](O)[C@H]1O. The lowest BCUT2D eigenvalue weighted by atomic mass is 9.83. The molecule has 1 aliphatic rings. The van der Waals surface area contributed by atoms with E-state index in [-0.39, 0.29) is 0 Å². The molecule has 3 rings (SSSR count). The second-order valence-electron chi connectivity index (χ2n) is 4.69. The topological polar surface area (TPSA) is 105 Å². The molecule has 0 amide bonds. The standard InChI is InChI=1S/C13H15N3O2/c14-9-7-5-6-3-1-2-4-8(6)16-11(7)10(15)13(18)12(9)17/h1-5,9-10,12-13,17-18H,14-15H2/t9-,10+,12+,13-/m1/s1. The Balaban J connectivity index is 2.26. The Morgan fingerprint density at radius 3 is 2.44 bits per heavy atom. The van der Waals surface area contributed by atoms with Crippen molar-refractivity contribution < 1.29 is 10.2 Å². The molecule has 5 heteroatoms. The van der Waals surface area contributed by atoms with E-state index in [4.69, 9.17) is 11.5 Å². The van der Waals surface area contributed by atoms with Crippen molar-refractivity contribution in [2.45, 2.75) is 24.3 Å². The molecule has 5 nitrogen and oxygen atoms in total. The first-order valence-corrected chi connectivity index (χ1v) is 5.86. The number of benzene rings is 1. The predicted molar refractivity (Wildman–Crippen MR) is 67.6 cm³/mol. The first-order chi connectivity index (χ1) is 8.59. The van der Waals surface area contributed by atoms with Gasteiger partial charge in [-0.3, -0.25) is 4.98 Å². The van der Waals surface area contributed by atoms with E-state index < -0.39 is 24.3 Å². The van der Waals surface area contributed by atoms with E-state index in [1.165, 1.54) is 0 Å². The molecular weight excluding hydrogens is 230 g/mol. The van der Waals surface area contributed by atoms with Crippen molar-refractivity contribution in [3.05, 3.63) is 41.6 Å². The summed E-state index contributed by atoms with van der Waals surface area (Å²) in [6.45, 7) is 0. The van der Waals surface area contributed by atoms with E-state index in [2.05, 4.69) is 4.98 Å². The maximum Gasteiger partial charge on any atom is 0.102 e. The lowest BCUT2D eigenvalue weighted by molar-refractivity contribution is -0.0206. The van der Waals surface area contributed by atoms with E-state index in [1.54, 1.807) is 0 Å². The molecule has 18 heavy (non-hydrogen) atoms. The van der Waals surface area contributed by atoms with Crippen LogP contribution in [0.25, 0.3) is 10.9 Å². The molecule has 4 atom stereocenters. The van der Waals surface area contributed by atoms with Crippen molar-refractivity contribution >= 4 is 10.9 Å². The van der Waals surface area contributed by atoms with Gasteiger partial charge in [-0.2, -0.15) is 0 Å². The van der Waals surface area contributed by atoms with Crippen LogP contribution in [-0.2, 0) is 0 Å². The number of hydrogen-bond acceptors (Lipinski definition) is 5. The fourth-order valence-electron chi connectivity index (χ4n) is 2.45. The smallest absolute Gasteiger partial charge is 0.102 e. The number of pyridine rings is 1. The number of nitrogens with zero attached hydrogens (tertiary/aromatic N) is 1. The highest BCUT2D eigenvalue weighted by atomic mass is 16.3. The third-order valence-electron chi connectivity index (χ3n) is 3.55. The minimum Gasteiger partial charge on any atom is -0.388 e. The second kappa shape index (κ2) is 4.00. The van der Waals surface area contributed by atoms with Crippen molar-refractivity contribution in [1.29, 1.82) is 0 Å². The fourth-order valence-corrected chi connectivity index (χ4v) is 2.45. The molecule has 1 heterocycles. The van der Waals surface area contributed by atoms with Gasteiger partial charge < -0.3 is 21.7 Å². The molecule has 0 spiro atoms. The van der Waals surface area contributed by atoms with E-state index in [9.17, 15) is 10.2 Å². The molecule has 2 aromatic rings. The van der Waals surface area contributed by atoms with E-state index in [0.717, 1.165) is 10.9 Å². The zero-order valence-electron chi connectivity index (χ0n) is 9.69. The Kier molecular flexibility index (Phi) is 2.57. The number of nitrogens with two attached hydrogens (primary N) is 2. The van der Waals surface area contributed by atoms with E-state index in [1.807, 2.05) is 30.3 Å². The summed E-state index contributed by atoms with van der Waals surface area (Å²) in [5, 5.41) is 20.6. The van der Waals surface area contributed by atoms with Crippen LogP contribution in [0, 0.1) is 0 Å². The van der Waals surface area contributed by atoms with Crippen LogP contribution in [0.3, 0.4) is 0 Å². The molecule has 0 fully saturated rings. The monoisotopic (exact) mass is 245 g/mol. The zero-order chi connectivity index (χ0) is 12.9. The molecule has 1 aliphatic carbocycles. The quantitative estimate of drug-likeness (QED) is 0.521. The van der Waals surface area contributed by atoms with Gasteiger partial charge in [-0.25, -0.2) is 0 Å². The van der Waals surface area contributed by atoms with Gasteiger partial charge in [0.1, 0.15) is 12.2 Å². The first-order valence-electron chi connectivity index (χ1n) is 5.86. The minimum absolute atomic E-state index is 0.569. The van der Waals surface area contributed by atoms with E-state index >= 15 is 0 Å². The molecule has 0 aliphatic heterocycles. The maximum absolute atomic E-state index is 9.85. The van der Waals surface area contributed by atoms with Gasteiger partial charge in [-0.05, 0) is 17.7 Å². The third kappa shape index (κ3) is 1.53. The Morgan fingerprint density at radius 1 is 1.00 bits per heavy atom. The number of para-hydroxylation sites is 1. The molecule has 0 saturated carbocycles. The number of aliphatic hydroxyl groups excluding tert-OH is 2. The van der Waals surface area contributed by atoms with Crippen molar-refractivity contribution in [3.8, 4) is 0 Å². The Labute approximate surface area is 104 Å². The molecule has 0 unspecified atom stereocenters. The Bertz CT molecular complexity index is 549. The summed E-state index contributed by atoms with van der Waals surface area (Å²) in [5.41, 5.74) is 13.9. The van der Waals surface area contributed by atoms with Crippen LogP contribution >= 0.6 is 0 Å². The molecule has 6 N–H and O–H groups in total. The zero-order valence-corrected chi connectivity index (χ0v) is 9.69. The van der Waals surface area contributed by atoms with Gasteiger partial charge in [0.2, 0.25) is 0 Å². The summed E-state index contributed by atoms with van der Waals surface area (Å²) in [6.07, 6.45) is -2.14. The second-order valence-corrected chi connectivity index (χ2v) is 4.69. The average Bonchev–Trinajstić information content (AvgIpc) is 2.41. The van der Waals surface area contributed by atoms with Gasteiger partial charge in [-0.15, -0.1) is 0 Å². The third-order valence-corrected chi connectivity index (χ3v) is 3.55. The molecule has 0 saturated heterocycles. The molecule has 94 valence electrons. The summed E-state index contributed by atoms with van der Waals surface area (Å²) < 4.78 is 0. The first kappa shape index (κ1) is 11.6. The summed E-state index contributed by atoms with van der Waals surface area (Å²) in [7, 11) is 0. The number of aromatic nitrogens is 1. The maximum atomic E-state index is 9.85. The van der Waals surface area contributed by atoms with Crippen molar-refractivity contribution in [3.63, 3.8) is 0 Å². The fraction of sp³-hybridized carbons (Fsp3) is 0.308. The predicted octanol–water partition coefficient (Wildman–Crippen LogP) is -0.0302. The Hall–Kier alpha value is -1.53. The summed E-state index contributed by atoms with van der Waals surface area (Å²) in [4.78, 5) is 4.46. The number of aliphatic hydroxyl groups is 2. The lowest BCUT2D eigenvalue weighted by Crippen LogP contribution is -2.48. The van der Waals surface area contributed by atoms with Crippen LogP contribution in [-0.4, -0.2) is 27.4 Å². The molecule has 0 bridgehead atoms. The molecular formula is C13H15N3O2. The lowest BCUT2D eigenvalue weighted by Gasteiger charge is -2.35. The average molecular weight is 245 g/mol. The normalized spacial score (nSPS) is 31.3. The van der Waals surface area contributed by atoms with E-state index in [0.29, 0.717) is 11.3 Å². The van der Waals surface area contributed by atoms with Crippen LogP contribution in [0.15, 0.2) is 30.3 Å². The van der Waals surface area contributed by atoms with Crippen molar-refractivity contribution in [2.24, 2.45) is 11.5 Å². The molecule has 1 aromatic carbocycles. The summed E-state index contributed by atoms with van der Waals surface area (Å²) in [6, 6.07) is 8.13. The van der Waals surface area contributed by atoms with Crippen LogP contribution in [0.1, 0.15) is 23.3 Å². The molecule has 1 aromatic heterocycles. The van der Waals surface area contributed by atoms with Crippen LogP contribution in [0.4, 0.5) is 0 Å². The van der Waals surface area contributed by atoms with Crippen molar-refractivity contribution in [1.82, 2.24) is 4.98 Å². The van der Waals surface area contributed by atoms with Gasteiger partial charge in [0, 0.05) is 5.39 Å². The van der Waals surface area contributed by atoms with Gasteiger partial charge in [-0.1, -0.05) is 18.2 Å². The summed E-state index contributed by atoms with van der Waals surface area (Å²) in [5.74, 6) is 0. The number of fused-ring (bicyclic) bond motifs is 2. The van der Waals surface area contributed by atoms with Crippen molar-refractivity contribution in [2.75, 3.05) is 0 Å². The van der Waals surface area contributed by atoms with Gasteiger partial charge in [0.25, 0.3) is 0 Å². The highest BCUT2D eigenvalue weighted by Crippen LogP contribution is 2.34. The minimum atomic E-state index is -1.08.